The van der Waals surface area contributed by atoms with Gasteiger partial charge in [0.15, 0.2) is 0 Å². The first kappa shape index (κ1) is 14.2. The van der Waals surface area contributed by atoms with Crippen molar-refractivity contribution in [1.82, 2.24) is 0 Å². The summed E-state index contributed by atoms with van der Waals surface area (Å²) in [4.78, 5) is 23.7. The molecule has 8 heteroatoms. The van der Waals surface area contributed by atoms with Crippen LogP contribution in [-0.2, 0) is 10.1 Å². The number of hydrogen-bond acceptors (Lipinski definition) is 4. The molecule has 4 heterocycles. The van der Waals surface area contributed by atoms with E-state index in [4.69, 9.17) is 0 Å². The van der Waals surface area contributed by atoms with Gasteiger partial charge < -0.3 is 10.6 Å². The molecule has 0 fully saturated rings. The van der Waals surface area contributed by atoms with Crippen molar-refractivity contribution >= 4 is 33.3 Å². The molecule has 0 radical (unpaired) electrons. The largest absolute Gasteiger partial charge is 0.322 e. The Morgan fingerprint density at radius 2 is 1.36 bits per heavy atom. The first-order valence-corrected chi connectivity index (χ1v) is 7.63. The number of anilines is 2. The summed E-state index contributed by atoms with van der Waals surface area (Å²) in [5.74, 6) is -1.01. The fraction of sp³-hybridized carbons (Fsp3) is 0. The summed E-state index contributed by atoms with van der Waals surface area (Å²) < 4.78 is 32.2. The molecule has 112 valence electrons. The van der Waals surface area contributed by atoms with Crippen LogP contribution in [0, 0.1) is 0 Å². The van der Waals surface area contributed by atoms with E-state index >= 15 is 0 Å². The van der Waals surface area contributed by atoms with Crippen LogP contribution < -0.4 is 10.6 Å². The highest BCUT2D eigenvalue weighted by atomic mass is 32.2. The van der Waals surface area contributed by atoms with Gasteiger partial charge >= 0.3 is 0 Å². The van der Waals surface area contributed by atoms with Crippen molar-refractivity contribution in [2.24, 2.45) is 0 Å². The molecule has 2 aromatic rings. The topological polar surface area (TPSA) is 113 Å². The summed E-state index contributed by atoms with van der Waals surface area (Å²) in [6, 6.07) is 9.68. The molecule has 0 aromatic heterocycles. The van der Waals surface area contributed by atoms with Crippen molar-refractivity contribution in [3.8, 4) is 0 Å². The number of amides is 2. The number of nitrogens with one attached hydrogen (secondary N) is 2. The second kappa shape index (κ2) is 4.93. The summed E-state index contributed by atoms with van der Waals surface area (Å²) in [7, 11) is -4.57. The number of rotatable bonds is 1. The molecule has 0 spiro atoms. The van der Waals surface area contributed by atoms with E-state index in [1.165, 1.54) is 36.4 Å². The van der Waals surface area contributed by atoms with Crippen molar-refractivity contribution in [1.29, 1.82) is 0 Å². The number of hydrogen-bond donors (Lipinski definition) is 3. The van der Waals surface area contributed by atoms with Crippen LogP contribution in [0.25, 0.3) is 0 Å². The molecule has 6 rings (SSSR count). The molecule has 3 N–H and O–H groups in total. The highest BCUT2D eigenvalue weighted by Crippen LogP contribution is 2.26. The molecule has 22 heavy (non-hydrogen) atoms. The van der Waals surface area contributed by atoms with Crippen molar-refractivity contribution in [3.63, 3.8) is 0 Å². The molecule has 4 bridgehead atoms. The lowest BCUT2D eigenvalue weighted by atomic mass is 10.1. The van der Waals surface area contributed by atoms with Crippen molar-refractivity contribution in [3.05, 3.63) is 53.6 Å². The Balaban J connectivity index is 2.22. The van der Waals surface area contributed by atoms with Gasteiger partial charge in [0.1, 0.15) is 4.90 Å². The number of carbonyl (C=O) groups is 2. The summed E-state index contributed by atoms with van der Waals surface area (Å²) in [6.45, 7) is 0. The van der Waals surface area contributed by atoms with Gasteiger partial charge in [-0.2, -0.15) is 8.42 Å². The number of benzene rings is 2. The maximum atomic E-state index is 12.1. The van der Waals surface area contributed by atoms with Gasteiger partial charge in [0.2, 0.25) is 0 Å². The molecular formula is C14H10N2O5S. The first-order valence-electron chi connectivity index (χ1n) is 6.19. The van der Waals surface area contributed by atoms with Crippen molar-refractivity contribution in [2.45, 2.75) is 4.90 Å². The third kappa shape index (κ3) is 2.57. The van der Waals surface area contributed by atoms with E-state index in [2.05, 4.69) is 10.6 Å². The van der Waals surface area contributed by atoms with E-state index < -0.39 is 26.8 Å². The lowest BCUT2D eigenvalue weighted by Crippen LogP contribution is -2.18. The molecule has 0 atom stereocenters. The maximum Gasteiger partial charge on any atom is 0.296 e. The molecule has 2 aromatic carbocycles. The van der Waals surface area contributed by atoms with E-state index in [0.717, 1.165) is 6.07 Å². The molecule has 0 aliphatic carbocycles. The molecule has 7 nitrogen and oxygen atoms in total. The lowest BCUT2D eigenvalue weighted by Gasteiger charge is -2.14. The Hall–Kier alpha value is -2.71. The Kier molecular flexibility index (Phi) is 3.19. The van der Waals surface area contributed by atoms with E-state index in [1.54, 1.807) is 0 Å². The van der Waals surface area contributed by atoms with Gasteiger partial charge in [0.25, 0.3) is 21.9 Å². The monoisotopic (exact) mass is 318 g/mol. The van der Waals surface area contributed by atoms with E-state index in [9.17, 15) is 22.6 Å². The van der Waals surface area contributed by atoms with Gasteiger partial charge in [-0.15, -0.1) is 0 Å². The molecular weight excluding hydrogens is 308 g/mol. The summed E-state index contributed by atoms with van der Waals surface area (Å²) in [6.07, 6.45) is 0. The Morgan fingerprint density at radius 1 is 0.818 bits per heavy atom. The molecule has 2 amide bonds. The fourth-order valence-electron chi connectivity index (χ4n) is 2.09. The predicted octanol–water partition coefficient (Wildman–Crippen LogP) is 1.75. The summed E-state index contributed by atoms with van der Waals surface area (Å²) >= 11 is 0. The summed E-state index contributed by atoms with van der Waals surface area (Å²) in [5, 5.41) is 4.95. The van der Waals surface area contributed by atoms with Crippen molar-refractivity contribution < 1.29 is 22.6 Å². The average molecular weight is 318 g/mol. The second-order valence-corrected chi connectivity index (χ2v) is 6.06. The van der Waals surface area contributed by atoms with Gasteiger partial charge in [0, 0.05) is 16.8 Å². The van der Waals surface area contributed by atoms with E-state index in [-0.39, 0.29) is 16.9 Å². The van der Waals surface area contributed by atoms with Crippen LogP contribution in [0.15, 0.2) is 47.4 Å². The molecule has 4 aliphatic heterocycles. The maximum absolute atomic E-state index is 12.1. The zero-order valence-corrected chi connectivity index (χ0v) is 11.8. The van der Waals surface area contributed by atoms with Crippen molar-refractivity contribution in [2.75, 3.05) is 10.6 Å². The van der Waals surface area contributed by atoms with Gasteiger partial charge in [-0.3, -0.25) is 14.1 Å². The van der Waals surface area contributed by atoms with Gasteiger partial charge in [-0.1, -0.05) is 0 Å². The van der Waals surface area contributed by atoms with Crippen LogP contribution in [0.1, 0.15) is 20.7 Å². The standard InChI is InChI=1S/C14H10N2O5S/c17-13-8-1-3-9(4-2-8)14(18)16-11-6-5-10(15-13)7-12(11)22(19,20)21/h1-7H,(H,15,17)(H,16,18)(H,19,20,21). The Morgan fingerprint density at radius 3 is 1.91 bits per heavy atom. The summed E-state index contributed by atoms with van der Waals surface area (Å²) in [5.41, 5.74) is 0.674. The van der Waals surface area contributed by atoms with E-state index in [0.29, 0.717) is 5.56 Å². The van der Waals surface area contributed by atoms with Crippen LogP contribution in [-0.4, -0.2) is 24.8 Å². The zero-order valence-electron chi connectivity index (χ0n) is 11.0. The third-order valence-corrected chi connectivity index (χ3v) is 4.07. The van der Waals surface area contributed by atoms with Gasteiger partial charge in [-0.25, -0.2) is 0 Å². The van der Waals surface area contributed by atoms with E-state index in [1.807, 2.05) is 0 Å². The number of carbonyl (C=O) groups excluding carboxylic acids is 2. The van der Waals surface area contributed by atoms with Crippen LogP contribution in [0.3, 0.4) is 0 Å². The van der Waals surface area contributed by atoms with Crippen LogP contribution in [0.5, 0.6) is 0 Å². The highest BCUT2D eigenvalue weighted by Gasteiger charge is 2.20. The average Bonchev–Trinajstić information content (AvgIpc) is 2.46. The second-order valence-electron chi connectivity index (χ2n) is 4.67. The minimum Gasteiger partial charge on any atom is -0.322 e. The fourth-order valence-corrected chi connectivity index (χ4v) is 2.76. The van der Waals surface area contributed by atoms with Crippen LogP contribution >= 0.6 is 0 Å². The smallest absolute Gasteiger partial charge is 0.296 e. The molecule has 0 saturated heterocycles. The molecule has 0 unspecified atom stereocenters. The minimum absolute atomic E-state index is 0.0739. The predicted molar refractivity (Wildman–Crippen MR) is 78.6 cm³/mol. The zero-order chi connectivity index (χ0) is 15.9. The Bertz CT molecular complexity index is 888. The highest BCUT2D eigenvalue weighted by molar-refractivity contribution is 7.86. The van der Waals surface area contributed by atoms with Gasteiger partial charge in [-0.05, 0) is 42.5 Å². The van der Waals surface area contributed by atoms with Crippen LogP contribution in [0.4, 0.5) is 11.4 Å². The molecule has 4 aliphatic rings. The SMILES string of the molecule is O=C1Nc2ccc(c(S(=O)(=O)O)c2)NC(=O)c2ccc1cc2. The van der Waals surface area contributed by atoms with Gasteiger partial charge in [0.05, 0.1) is 5.69 Å². The molecule has 0 saturated carbocycles. The lowest BCUT2D eigenvalue weighted by molar-refractivity contribution is 0.101. The quantitative estimate of drug-likeness (QED) is 0.693. The third-order valence-electron chi connectivity index (χ3n) is 3.17. The first-order chi connectivity index (χ1) is 10.3. The Labute approximate surface area is 125 Å². The minimum atomic E-state index is -4.57. The van der Waals surface area contributed by atoms with Crippen LogP contribution in [0.2, 0.25) is 0 Å². The normalized spacial score (nSPS) is 14.0.